The third kappa shape index (κ3) is 3.50. The van der Waals surface area contributed by atoms with Crippen LogP contribution in [0.25, 0.3) is 5.69 Å². The van der Waals surface area contributed by atoms with E-state index in [1.165, 1.54) is 0 Å². The standard InChI is InChI=1S/C21H19N5O/c1-25-15-13-22-20(25)19(16-6-3-2-4-7-16)24-21(27)17-8-10-18(11-9-17)26-14-5-12-23-26/h2-15,19H,1H3,(H,24,27)/t19-/m1/s1. The van der Waals surface area contributed by atoms with E-state index in [-0.39, 0.29) is 11.9 Å². The summed E-state index contributed by atoms with van der Waals surface area (Å²) in [5, 5.41) is 7.30. The van der Waals surface area contributed by atoms with Crippen LogP contribution in [0.3, 0.4) is 0 Å². The summed E-state index contributed by atoms with van der Waals surface area (Å²) < 4.78 is 3.67. The minimum absolute atomic E-state index is 0.154. The van der Waals surface area contributed by atoms with E-state index in [0.29, 0.717) is 5.56 Å². The normalized spacial score (nSPS) is 11.9. The Balaban J connectivity index is 1.59. The highest BCUT2D eigenvalue weighted by Gasteiger charge is 2.21. The minimum Gasteiger partial charge on any atom is -0.338 e. The quantitative estimate of drug-likeness (QED) is 0.597. The number of nitrogens with one attached hydrogen (secondary N) is 1. The molecule has 0 saturated heterocycles. The van der Waals surface area contributed by atoms with E-state index in [9.17, 15) is 4.79 Å². The molecule has 2 heterocycles. The topological polar surface area (TPSA) is 64.7 Å². The van der Waals surface area contributed by atoms with Gasteiger partial charge < -0.3 is 9.88 Å². The Morgan fingerprint density at radius 2 is 1.74 bits per heavy atom. The molecule has 0 saturated carbocycles. The summed E-state index contributed by atoms with van der Waals surface area (Å²) in [6.07, 6.45) is 7.19. The fourth-order valence-corrected chi connectivity index (χ4v) is 3.00. The van der Waals surface area contributed by atoms with Crippen LogP contribution in [0, 0.1) is 0 Å². The third-order valence-electron chi connectivity index (χ3n) is 4.42. The molecule has 6 heteroatoms. The van der Waals surface area contributed by atoms with Gasteiger partial charge >= 0.3 is 0 Å². The van der Waals surface area contributed by atoms with Gasteiger partial charge in [-0.15, -0.1) is 0 Å². The first-order valence-electron chi connectivity index (χ1n) is 8.65. The lowest BCUT2D eigenvalue weighted by Gasteiger charge is -2.19. The van der Waals surface area contributed by atoms with Gasteiger partial charge in [0.1, 0.15) is 11.9 Å². The van der Waals surface area contributed by atoms with Crippen molar-refractivity contribution in [2.45, 2.75) is 6.04 Å². The molecule has 2 aromatic carbocycles. The molecule has 134 valence electrons. The Morgan fingerprint density at radius 1 is 0.963 bits per heavy atom. The maximum absolute atomic E-state index is 12.9. The second-order valence-corrected chi connectivity index (χ2v) is 6.21. The van der Waals surface area contributed by atoms with Crippen molar-refractivity contribution in [3.8, 4) is 5.69 Å². The second-order valence-electron chi connectivity index (χ2n) is 6.21. The predicted molar refractivity (Wildman–Crippen MR) is 103 cm³/mol. The second kappa shape index (κ2) is 7.29. The van der Waals surface area contributed by atoms with Gasteiger partial charge in [0.05, 0.1) is 5.69 Å². The van der Waals surface area contributed by atoms with Gasteiger partial charge in [0, 0.05) is 37.4 Å². The number of imidazole rings is 1. The molecule has 0 aliphatic heterocycles. The minimum atomic E-state index is -0.329. The Kier molecular flexibility index (Phi) is 4.53. The molecule has 0 radical (unpaired) electrons. The summed E-state index contributed by atoms with van der Waals surface area (Å²) >= 11 is 0. The largest absolute Gasteiger partial charge is 0.338 e. The summed E-state index contributed by atoms with van der Waals surface area (Å²) in [6, 6.07) is 18.7. The van der Waals surface area contributed by atoms with E-state index >= 15 is 0 Å². The van der Waals surface area contributed by atoms with Crippen molar-refractivity contribution in [3.63, 3.8) is 0 Å². The zero-order chi connectivity index (χ0) is 18.6. The number of hydrogen-bond donors (Lipinski definition) is 1. The fourth-order valence-electron chi connectivity index (χ4n) is 3.00. The number of carbonyl (C=O) groups is 1. The van der Waals surface area contributed by atoms with Gasteiger partial charge in [-0.05, 0) is 35.9 Å². The number of amides is 1. The molecule has 27 heavy (non-hydrogen) atoms. The first-order valence-corrected chi connectivity index (χ1v) is 8.65. The molecule has 4 aromatic rings. The highest BCUT2D eigenvalue weighted by atomic mass is 16.1. The van der Waals surface area contributed by atoms with E-state index in [2.05, 4.69) is 15.4 Å². The molecule has 0 unspecified atom stereocenters. The molecule has 1 N–H and O–H groups in total. The predicted octanol–water partition coefficient (Wildman–Crippen LogP) is 3.13. The number of hydrogen-bond acceptors (Lipinski definition) is 3. The summed E-state index contributed by atoms with van der Waals surface area (Å²) in [5.74, 6) is 0.626. The molecule has 6 nitrogen and oxygen atoms in total. The van der Waals surface area contributed by atoms with Crippen LogP contribution >= 0.6 is 0 Å². The van der Waals surface area contributed by atoms with Gasteiger partial charge in [-0.25, -0.2) is 9.67 Å². The molecule has 2 aromatic heterocycles. The molecule has 0 fully saturated rings. The third-order valence-corrected chi connectivity index (χ3v) is 4.42. The monoisotopic (exact) mass is 357 g/mol. The summed E-state index contributed by atoms with van der Waals surface area (Å²) in [4.78, 5) is 17.3. The molecule has 0 aliphatic rings. The summed E-state index contributed by atoms with van der Waals surface area (Å²) in [5.41, 5.74) is 2.47. The van der Waals surface area contributed by atoms with Gasteiger partial charge in [-0.2, -0.15) is 5.10 Å². The number of aromatic nitrogens is 4. The first-order chi connectivity index (χ1) is 13.2. The van der Waals surface area contributed by atoms with Crippen molar-refractivity contribution in [3.05, 3.63) is 102 Å². The van der Waals surface area contributed by atoms with Crippen molar-refractivity contribution >= 4 is 5.91 Å². The molecule has 1 amide bonds. The van der Waals surface area contributed by atoms with Crippen LogP contribution in [0.1, 0.15) is 27.8 Å². The highest BCUT2D eigenvalue weighted by Crippen LogP contribution is 2.21. The lowest BCUT2D eigenvalue weighted by Crippen LogP contribution is -2.31. The highest BCUT2D eigenvalue weighted by molar-refractivity contribution is 5.94. The number of rotatable bonds is 5. The lowest BCUT2D eigenvalue weighted by atomic mass is 10.1. The molecule has 0 bridgehead atoms. The van der Waals surface area contributed by atoms with Gasteiger partial charge in [0.15, 0.2) is 0 Å². The summed E-state index contributed by atoms with van der Waals surface area (Å²) in [7, 11) is 1.92. The molecular formula is C21H19N5O. The first kappa shape index (κ1) is 16.8. The Bertz CT molecular complexity index is 1020. The SMILES string of the molecule is Cn1ccnc1[C@H](NC(=O)c1ccc(-n2cccn2)cc1)c1ccccc1. The van der Waals surface area contributed by atoms with Gasteiger partial charge in [-0.3, -0.25) is 4.79 Å². The smallest absolute Gasteiger partial charge is 0.252 e. The number of nitrogens with zero attached hydrogens (tertiary/aromatic N) is 4. The van der Waals surface area contributed by atoms with E-state index in [0.717, 1.165) is 17.1 Å². The number of aryl methyl sites for hydroxylation is 1. The van der Waals surface area contributed by atoms with Crippen molar-refractivity contribution in [2.24, 2.45) is 7.05 Å². The molecule has 0 spiro atoms. The van der Waals surface area contributed by atoms with Crippen LogP contribution in [0.2, 0.25) is 0 Å². The maximum atomic E-state index is 12.9. The van der Waals surface area contributed by atoms with Crippen LogP contribution < -0.4 is 5.32 Å². The molecular weight excluding hydrogens is 338 g/mol. The van der Waals surface area contributed by atoms with Gasteiger partial charge in [0.2, 0.25) is 0 Å². The van der Waals surface area contributed by atoms with Gasteiger partial charge in [0.25, 0.3) is 5.91 Å². The van der Waals surface area contributed by atoms with Crippen LogP contribution in [-0.4, -0.2) is 25.2 Å². The van der Waals surface area contributed by atoms with Crippen molar-refractivity contribution in [1.82, 2.24) is 24.6 Å². The maximum Gasteiger partial charge on any atom is 0.252 e. The van der Waals surface area contributed by atoms with Crippen LogP contribution in [0.4, 0.5) is 0 Å². The average Bonchev–Trinajstić information content (AvgIpc) is 3.39. The van der Waals surface area contributed by atoms with Crippen molar-refractivity contribution in [1.29, 1.82) is 0 Å². The Labute approximate surface area is 157 Å². The Morgan fingerprint density at radius 3 is 2.37 bits per heavy atom. The summed E-state index contributed by atoms with van der Waals surface area (Å²) in [6.45, 7) is 0. The Hall–Kier alpha value is -3.67. The lowest BCUT2D eigenvalue weighted by molar-refractivity contribution is 0.0941. The van der Waals surface area contributed by atoms with E-state index in [4.69, 9.17) is 0 Å². The van der Waals surface area contributed by atoms with E-state index in [1.54, 1.807) is 29.2 Å². The fraction of sp³-hybridized carbons (Fsp3) is 0.0952. The zero-order valence-corrected chi connectivity index (χ0v) is 14.9. The molecule has 4 rings (SSSR count). The molecule has 0 aliphatic carbocycles. The van der Waals surface area contributed by atoms with Crippen LogP contribution in [0.15, 0.2) is 85.5 Å². The van der Waals surface area contributed by atoms with E-state index in [1.807, 2.05) is 72.5 Å². The molecule has 1 atom stereocenters. The number of carbonyl (C=O) groups excluding carboxylic acids is 1. The average molecular weight is 357 g/mol. The van der Waals surface area contributed by atoms with Crippen molar-refractivity contribution < 1.29 is 4.79 Å². The van der Waals surface area contributed by atoms with Gasteiger partial charge in [-0.1, -0.05) is 30.3 Å². The van der Waals surface area contributed by atoms with Crippen LogP contribution in [-0.2, 0) is 7.05 Å². The van der Waals surface area contributed by atoms with E-state index < -0.39 is 0 Å². The van der Waals surface area contributed by atoms with Crippen LogP contribution in [0.5, 0.6) is 0 Å². The zero-order valence-electron chi connectivity index (χ0n) is 14.9. The number of benzene rings is 2. The van der Waals surface area contributed by atoms with Crippen molar-refractivity contribution in [2.75, 3.05) is 0 Å².